The fourth-order valence-corrected chi connectivity index (χ4v) is 4.07. The summed E-state index contributed by atoms with van der Waals surface area (Å²) in [5.74, 6) is -0.133. The van der Waals surface area contributed by atoms with E-state index in [1.165, 1.54) is 11.3 Å². The number of carbonyl (C=O) groups is 1. The van der Waals surface area contributed by atoms with Gasteiger partial charge in [-0.05, 0) is 55.2 Å². The maximum atomic E-state index is 12.7. The average Bonchev–Trinajstić information content (AvgIpc) is 3.08. The second-order valence-electron chi connectivity index (χ2n) is 7.11. The van der Waals surface area contributed by atoms with Crippen LogP contribution in [0.2, 0.25) is 0 Å². The van der Waals surface area contributed by atoms with Gasteiger partial charge in [0.15, 0.2) is 0 Å². The van der Waals surface area contributed by atoms with Crippen LogP contribution in [0, 0.1) is 0 Å². The lowest BCUT2D eigenvalue weighted by atomic mass is 10.0. The van der Waals surface area contributed by atoms with Crippen molar-refractivity contribution in [1.29, 1.82) is 0 Å². The Labute approximate surface area is 153 Å². The van der Waals surface area contributed by atoms with E-state index in [2.05, 4.69) is 29.2 Å². The minimum absolute atomic E-state index is 0.120. The molecule has 4 rings (SSSR count). The molecule has 0 aromatic heterocycles. The van der Waals surface area contributed by atoms with Crippen LogP contribution in [0.4, 0.5) is 11.4 Å². The number of carbonyl (C=O) groups excluding carboxylic acids is 1. The Kier molecular flexibility index (Phi) is 4.66. The number of fused-ring (bicyclic) bond motifs is 1. The minimum Gasteiger partial charge on any atom is -0.394 e. The van der Waals surface area contributed by atoms with Crippen molar-refractivity contribution in [3.63, 3.8) is 0 Å². The molecule has 2 heterocycles. The summed E-state index contributed by atoms with van der Waals surface area (Å²) in [7, 11) is 0. The van der Waals surface area contributed by atoms with E-state index in [0.717, 1.165) is 25.1 Å². The number of amides is 1. The highest BCUT2D eigenvalue weighted by molar-refractivity contribution is 5.95. The second kappa shape index (κ2) is 7.09. The third kappa shape index (κ3) is 3.08. The van der Waals surface area contributed by atoms with E-state index in [4.69, 9.17) is 0 Å². The smallest absolute Gasteiger partial charge is 0.254 e. The Hall–Kier alpha value is -2.37. The molecule has 2 atom stereocenters. The van der Waals surface area contributed by atoms with Crippen LogP contribution < -0.4 is 4.90 Å². The zero-order valence-corrected chi connectivity index (χ0v) is 14.7. The van der Waals surface area contributed by atoms with Gasteiger partial charge >= 0.3 is 0 Å². The van der Waals surface area contributed by atoms with Crippen molar-refractivity contribution < 1.29 is 15.0 Å². The second-order valence-corrected chi connectivity index (χ2v) is 7.11. The first kappa shape index (κ1) is 17.1. The van der Waals surface area contributed by atoms with E-state index < -0.39 is 6.10 Å². The van der Waals surface area contributed by atoms with Crippen LogP contribution in [0.1, 0.15) is 28.8 Å². The van der Waals surface area contributed by atoms with Gasteiger partial charge in [-0.1, -0.05) is 18.2 Å². The predicted octanol–water partition coefficient (Wildman–Crippen LogP) is 2.34. The Balaban J connectivity index is 1.55. The van der Waals surface area contributed by atoms with Gasteiger partial charge < -0.3 is 20.0 Å². The van der Waals surface area contributed by atoms with Crippen LogP contribution in [-0.4, -0.2) is 52.9 Å². The van der Waals surface area contributed by atoms with E-state index in [0.29, 0.717) is 12.0 Å². The lowest BCUT2D eigenvalue weighted by Gasteiger charge is -2.31. The first-order chi connectivity index (χ1) is 12.7. The van der Waals surface area contributed by atoms with E-state index >= 15 is 0 Å². The molecule has 0 saturated carbocycles. The quantitative estimate of drug-likeness (QED) is 0.890. The molecule has 5 heteroatoms. The summed E-state index contributed by atoms with van der Waals surface area (Å²) < 4.78 is 0. The number of hydrogen-bond donors (Lipinski definition) is 2. The van der Waals surface area contributed by atoms with Crippen LogP contribution in [0.5, 0.6) is 0 Å². The molecule has 1 saturated heterocycles. The lowest BCUT2D eigenvalue weighted by Crippen LogP contribution is -2.38. The van der Waals surface area contributed by atoms with Gasteiger partial charge in [0.25, 0.3) is 5.91 Å². The number of aliphatic hydroxyl groups excluding tert-OH is 2. The van der Waals surface area contributed by atoms with Gasteiger partial charge in [-0.15, -0.1) is 0 Å². The third-order valence-corrected chi connectivity index (χ3v) is 5.40. The Morgan fingerprint density at radius 2 is 1.88 bits per heavy atom. The molecule has 5 nitrogen and oxygen atoms in total. The van der Waals surface area contributed by atoms with Gasteiger partial charge in [-0.3, -0.25) is 4.79 Å². The molecular formula is C21H24N2O3. The number of para-hydroxylation sites is 1. The molecule has 2 aliphatic rings. The Bertz CT molecular complexity index is 790. The van der Waals surface area contributed by atoms with Gasteiger partial charge in [0.2, 0.25) is 0 Å². The van der Waals surface area contributed by atoms with Crippen molar-refractivity contribution in [1.82, 2.24) is 4.90 Å². The molecule has 0 unspecified atom stereocenters. The van der Waals surface area contributed by atoms with Crippen molar-refractivity contribution in [2.24, 2.45) is 0 Å². The Morgan fingerprint density at radius 3 is 2.65 bits per heavy atom. The lowest BCUT2D eigenvalue weighted by molar-refractivity contribution is 0.0665. The molecule has 1 amide bonds. The summed E-state index contributed by atoms with van der Waals surface area (Å²) in [6.07, 6.45) is 2.09. The van der Waals surface area contributed by atoms with Crippen LogP contribution in [0.3, 0.4) is 0 Å². The van der Waals surface area contributed by atoms with Crippen molar-refractivity contribution in [2.75, 3.05) is 24.6 Å². The standard InChI is InChI=1S/C21H24N2O3/c24-14-18-12-19(25)13-23(18)21(26)16-7-9-17(10-8-16)22-11-3-5-15-4-1-2-6-20(15)22/h1-2,4,6-10,18-19,24-25H,3,5,11-14H2/t18-,19+/m0/s1. The summed E-state index contributed by atoms with van der Waals surface area (Å²) in [5.41, 5.74) is 4.26. The number of nitrogens with zero attached hydrogens (tertiary/aromatic N) is 2. The van der Waals surface area contributed by atoms with Gasteiger partial charge in [-0.25, -0.2) is 0 Å². The number of rotatable bonds is 3. The number of aryl methyl sites for hydroxylation is 1. The van der Waals surface area contributed by atoms with Crippen molar-refractivity contribution in [3.8, 4) is 0 Å². The maximum absolute atomic E-state index is 12.7. The fourth-order valence-electron chi connectivity index (χ4n) is 4.07. The average molecular weight is 352 g/mol. The van der Waals surface area contributed by atoms with Crippen LogP contribution in [-0.2, 0) is 6.42 Å². The highest BCUT2D eigenvalue weighted by Gasteiger charge is 2.34. The molecule has 136 valence electrons. The summed E-state index contributed by atoms with van der Waals surface area (Å²) in [6, 6.07) is 15.8. The highest BCUT2D eigenvalue weighted by Crippen LogP contribution is 2.33. The van der Waals surface area contributed by atoms with E-state index in [-0.39, 0.29) is 25.1 Å². The summed E-state index contributed by atoms with van der Waals surface area (Å²) in [4.78, 5) is 16.6. The molecule has 26 heavy (non-hydrogen) atoms. The number of anilines is 2. The molecule has 0 aliphatic carbocycles. The van der Waals surface area contributed by atoms with Crippen LogP contribution in [0.15, 0.2) is 48.5 Å². The molecule has 2 aromatic carbocycles. The zero-order chi connectivity index (χ0) is 18.1. The van der Waals surface area contributed by atoms with E-state index in [1.54, 1.807) is 4.90 Å². The molecule has 0 spiro atoms. The van der Waals surface area contributed by atoms with E-state index in [9.17, 15) is 15.0 Å². The molecule has 0 bridgehead atoms. The minimum atomic E-state index is -0.555. The monoisotopic (exact) mass is 352 g/mol. The highest BCUT2D eigenvalue weighted by atomic mass is 16.3. The van der Waals surface area contributed by atoms with Gasteiger partial charge in [-0.2, -0.15) is 0 Å². The zero-order valence-electron chi connectivity index (χ0n) is 14.7. The van der Waals surface area contributed by atoms with Gasteiger partial charge in [0, 0.05) is 30.0 Å². The molecule has 2 aromatic rings. The third-order valence-electron chi connectivity index (χ3n) is 5.40. The first-order valence-electron chi connectivity index (χ1n) is 9.23. The largest absolute Gasteiger partial charge is 0.394 e. The Morgan fingerprint density at radius 1 is 1.12 bits per heavy atom. The van der Waals surface area contributed by atoms with Crippen LogP contribution >= 0.6 is 0 Å². The first-order valence-corrected chi connectivity index (χ1v) is 9.23. The maximum Gasteiger partial charge on any atom is 0.254 e. The number of benzene rings is 2. The SMILES string of the molecule is O=C(c1ccc(N2CCCc3ccccc32)cc1)N1C[C@H](O)C[C@H]1CO. The number of aliphatic hydroxyl groups is 2. The molecule has 1 fully saturated rings. The summed E-state index contributed by atoms with van der Waals surface area (Å²) in [5, 5.41) is 19.2. The molecule has 0 radical (unpaired) electrons. The number of hydrogen-bond acceptors (Lipinski definition) is 4. The topological polar surface area (TPSA) is 64.0 Å². The van der Waals surface area contributed by atoms with Crippen molar-refractivity contribution in [2.45, 2.75) is 31.4 Å². The normalized spacial score (nSPS) is 22.4. The summed E-state index contributed by atoms with van der Waals surface area (Å²) >= 11 is 0. The molecule has 2 N–H and O–H groups in total. The molecular weight excluding hydrogens is 328 g/mol. The summed E-state index contributed by atoms with van der Waals surface area (Å²) in [6.45, 7) is 1.13. The fraction of sp³-hybridized carbons (Fsp3) is 0.381. The number of likely N-dealkylation sites (tertiary alicyclic amines) is 1. The van der Waals surface area contributed by atoms with Crippen molar-refractivity contribution >= 4 is 17.3 Å². The van der Waals surface area contributed by atoms with Gasteiger partial charge in [0.1, 0.15) is 0 Å². The van der Waals surface area contributed by atoms with Crippen LogP contribution in [0.25, 0.3) is 0 Å². The molecule has 2 aliphatic heterocycles. The van der Waals surface area contributed by atoms with E-state index in [1.807, 2.05) is 24.3 Å². The number of β-amino-alcohol motifs (C(OH)–C–C–N with tert-alkyl or cyclic N) is 1. The van der Waals surface area contributed by atoms with Crippen molar-refractivity contribution in [3.05, 3.63) is 59.7 Å². The predicted molar refractivity (Wildman–Crippen MR) is 101 cm³/mol. The van der Waals surface area contributed by atoms with Gasteiger partial charge in [0.05, 0.1) is 18.8 Å².